The van der Waals surface area contributed by atoms with Crippen molar-refractivity contribution < 1.29 is 120 Å². The molecule has 0 fully saturated rings. The minimum absolute atomic E-state index is 0.00949. The number of aromatic nitrogens is 1. The van der Waals surface area contributed by atoms with E-state index in [2.05, 4.69) is 12.6 Å². The highest BCUT2D eigenvalue weighted by Gasteiger charge is 2.47. The van der Waals surface area contributed by atoms with Gasteiger partial charge in [0, 0.05) is 33.5 Å². The molecule has 3 nitrogen and oxygen atoms in total. The van der Waals surface area contributed by atoms with Crippen LogP contribution in [0.2, 0.25) is 0 Å². The Morgan fingerprint density at radius 2 is 0.651 bits per heavy atom. The molecule has 29 heteroatoms. The molecule has 0 unspecified atom stereocenters. The number of carbonyl (C=O) groups is 2. The first-order chi connectivity index (χ1) is 39.4. The minimum atomic E-state index is -6.13. The maximum atomic E-state index is 14.2. The zero-order valence-electron chi connectivity index (χ0n) is 42.4. The normalized spacial score (nSPS) is 13.1. The number of Topliss-reactive ketones (excluding diaryl/α,β-unsaturated/α-hetero) is 2. The van der Waals surface area contributed by atoms with Gasteiger partial charge < -0.3 is 0 Å². The van der Waals surface area contributed by atoms with Crippen molar-refractivity contribution in [1.29, 1.82) is 0 Å². The molecule has 0 N–H and O–H groups in total. The molecule has 0 radical (unpaired) electrons. The second kappa shape index (κ2) is 23.4. The summed E-state index contributed by atoms with van der Waals surface area (Å²) in [5.41, 5.74) is -27.2. The van der Waals surface area contributed by atoms with Gasteiger partial charge in [-0.1, -0.05) is 109 Å². The summed E-state index contributed by atoms with van der Waals surface area (Å²) in [5.74, 6) is -0.0120. The van der Waals surface area contributed by atoms with Crippen molar-refractivity contribution in [2.24, 2.45) is 0 Å². The van der Waals surface area contributed by atoms with Gasteiger partial charge in [-0.15, -0.1) is 12.6 Å². The summed E-state index contributed by atoms with van der Waals surface area (Å²) < 4.78 is 343. The first kappa shape index (κ1) is 65.6. The first-order valence-corrected chi connectivity index (χ1v) is 24.5. The van der Waals surface area contributed by atoms with E-state index in [1.54, 1.807) is 6.07 Å². The fourth-order valence-corrected chi connectivity index (χ4v) is 9.83. The number of nitrogens with zero attached hydrogens (tertiary/aromatic N) is 1. The molecule has 0 aliphatic carbocycles. The van der Waals surface area contributed by atoms with E-state index in [9.17, 15) is 115 Å². The topological polar surface area (TPSA) is 38.0 Å². The van der Waals surface area contributed by atoms with E-state index in [4.69, 9.17) is 0 Å². The summed E-state index contributed by atoms with van der Waals surface area (Å²) in [7, 11) is 0. The first-order valence-electron chi connectivity index (χ1n) is 24.1. The lowest BCUT2D eigenvalue weighted by molar-refractivity contribution is -0.664. The van der Waals surface area contributed by atoms with E-state index in [0.717, 1.165) is 16.6 Å². The van der Waals surface area contributed by atoms with E-state index in [1.807, 2.05) is 89.5 Å². The van der Waals surface area contributed by atoms with Crippen molar-refractivity contribution in [2.45, 2.75) is 67.3 Å². The largest absolute Gasteiger partial charge is 0.416 e. The van der Waals surface area contributed by atoms with E-state index in [0.29, 0.717) is 16.0 Å². The molecule has 0 saturated carbocycles. The molecule has 86 heavy (non-hydrogen) atoms. The molecular formula is C57H32BF24NO2S. The fourth-order valence-electron chi connectivity index (χ4n) is 9.54. The zero-order chi connectivity index (χ0) is 64.1. The van der Waals surface area contributed by atoms with Crippen LogP contribution in [0.1, 0.15) is 70.9 Å². The highest BCUT2D eigenvalue weighted by atomic mass is 32.1. The maximum Gasteiger partial charge on any atom is 0.416 e. The van der Waals surface area contributed by atoms with Crippen molar-refractivity contribution in [3.05, 3.63) is 225 Å². The molecule has 8 aromatic rings. The number of alkyl halides is 24. The SMILES string of the molecule is FC(F)(F)c1cc([B-](c2cc(C(F)(F)F)cc(C(F)(F)F)c2)(c2cc(C(F)(F)F)cc(C(F)(F)F)c2)c2cc(C(F)(F)F)cc(C(F)(F)F)c2)cc(C(F)(F)F)c1.O=C(C[n+]1c(CC(=O)c2ccccc2S)ccc2ccccc21)c1ccccc1. The standard InChI is InChI=1S/C32H12BF24.C25H19NO2S/c34-25(35,36)13-1-14(26(37,38)39)6-21(5-13)33(22-7-15(27(40,41)42)2-16(8-22)28(43,44)45,23-9-17(29(46,47)48)3-18(10-23)30(49,50)51)24-11-19(31(52,53)54)4-20(12-24)32(55,56)57;27-23(21-11-5-7-13-25(21)29)16-20-15-14-18-8-4-6-12-22(18)26(20)17-24(28)19-9-2-1-3-10-19/h1-12H;1-15H,16-17H2/q-1;/p+1. The van der Waals surface area contributed by atoms with Gasteiger partial charge in [0.1, 0.15) is 6.15 Å². The van der Waals surface area contributed by atoms with Crippen LogP contribution in [0.25, 0.3) is 10.9 Å². The number of fused-ring (bicyclic) bond motifs is 1. The predicted molar refractivity (Wildman–Crippen MR) is 267 cm³/mol. The van der Waals surface area contributed by atoms with Crippen molar-refractivity contribution in [1.82, 2.24) is 0 Å². The molecule has 1 heterocycles. The maximum absolute atomic E-state index is 14.2. The lowest BCUT2D eigenvalue weighted by Crippen LogP contribution is -2.75. The van der Waals surface area contributed by atoms with E-state index in [-0.39, 0.29) is 24.5 Å². The van der Waals surface area contributed by atoms with Gasteiger partial charge in [0.05, 0.1) is 50.9 Å². The second-order valence-electron chi connectivity index (χ2n) is 19.1. The number of para-hydroxylation sites is 1. The van der Waals surface area contributed by atoms with Crippen molar-refractivity contribution in [3.63, 3.8) is 0 Å². The Kier molecular flexibility index (Phi) is 17.8. The van der Waals surface area contributed by atoms with Gasteiger partial charge >= 0.3 is 49.4 Å². The summed E-state index contributed by atoms with van der Waals surface area (Å²) >= 11 is 4.41. The zero-order valence-corrected chi connectivity index (χ0v) is 43.3. The average Bonchev–Trinajstić information content (AvgIpc) is 0.726. The molecule has 0 bridgehead atoms. The quantitative estimate of drug-likeness (QED) is 0.0487. The van der Waals surface area contributed by atoms with Crippen LogP contribution in [0.15, 0.2) is 169 Å². The molecule has 454 valence electrons. The number of hydrogen-bond acceptors (Lipinski definition) is 3. The molecule has 0 saturated heterocycles. The third kappa shape index (κ3) is 14.6. The smallest absolute Gasteiger partial charge is 0.294 e. The van der Waals surface area contributed by atoms with Crippen molar-refractivity contribution >= 4 is 63.1 Å². The predicted octanol–water partition coefficient (Wildman–Crippen LogP) is 15.9. The number of hydrogen-bond donors (Lipinski definition) is 1. The summed E-state index contributed by atoms with van der Waals surface area (Å²) in [4.78, 5) is 26.5. The summed E-state index contributed by atoms with van der Waals surface area (Å²) in [6.07, 6.45) is -54.6. The summed E-state index contributed by atoms with van der Waals surface area (Å²) in [5, 5.41) is 1.03. The lowest BCUT2D eigenvalue weighted by Gasteiger charge is -2.46. The number of carbonyl (C=O) groups excluding carboxylic acids is 2. The average molecular weight is 1260 g/mol. The molecule has 7 aromatic carbocycles. The molecule has 0 spiro atoms. The second-order valence-corrected chi connectivity index (χ2v) is 19.6. The van der Waals surface area contributed by atoms with Gasteiger partial charge in [-0.3, -0.25) is 9.59 Å². The van der Waals surface area contributed by atoms with Crippen LogP contribution in [0.5, 0.6) is 0 Å². The van der Waals surface area contributed by atoms with Crippen molar-refractivity contribution in [3.8, 4) is 0 Å². The highest BCUT2D eigenvalue weighted by Crippen LogP contribution is 2.42. The third-order valence-corrected chi connectivity index (χ3v) is 13.8. The van der Waals surface area contributed by atoms with Crippen LogP contribution < -0.4 is 26.4 Å². The van der Waals surface area contributed by atoms with Crippen LogP contribution in [0.3, 0.4) is 0 Å². The summed E-state index contributed by atoms with van der Waals surface area (Å²) in [6, 6.07) is 19.5. The number of benzene rings is 7. The molecule has 0 atom stereocenters. The van der Waals surface area contributed by atoms with Gasteiger partial charge in [-0.2, -0.15) is 132 Å². The molecular weight excluding hydrogens is 1230 g/mol. The van der Waals surface area contributed by atoms with Gasteiger partial charge in [0.2, 0.25) is 17.8 Å². The molecule has 0 aliphatic rings. The highest BCUT2D eigenvalue weighted by molar-refractivity contribution is 7.80. The molecule has 8 rings (SSSR count). The van der Waals surface area contributed by atoms with Gasteiger partial charge in [-0.05, 0) is 42.5 Å². The van der Waals surface area contributed by atoms with Gasteiger partial charge in [0.15, 0.2) is 11.5 Å². The number of pyridine rings is 1. The Labute approximate surface area is 473 Å². The Bertz CT molecular complexity index is 3400. The lowest BCUT2D eigenvalue weighted by atomic mass is 9.12. The molecule has 0 amide bonds. The number of thiol groups is 1. The van der Waals surface area contributed by atoms with Crippen LogP contribution in [0, 0.1) is 0 Å². The van der Waals surface area contributed by atoms with Crippen LogP contribution in [-0.4, -0.2) is 17.7 Å². The number of rotatable bonds is 10. The molecule has 1 aromatic heterocycles. The van der Waals surface area contributed by atoms with Crippen molar-refractivity contribution in [2.75, 3.05) is 0 Å². The van der Waals surface area contributed by atoms with Crippen LogP contribution >= 0.6 is 12.6 Å². The van der Waals surface area contributed by atoms with E-state index in [1.165, 1.54) is 0 Å². The van der Waals surface area contributed by atoms with Crippen LogP contribution in [0.4, 0.5) is 105 Å². The molecule has 0 aliphatic heterocycles. The number of ketones is 2. The summed E-state index contributed by atoms with van der Waals surface area (Å²) in [6.45, 7) is 0.177. The Morgan fingerprint density at radius 1 is 0.349 bits per heavy atom. The van der Waals surface area contributed by atoms with E-state index >= 15 is 0 Å². The van der Waals surface area contributed by atoms with Gasteiger partial charge in [-0.25, -0.2) is 0 Å². The van der Waals surface area contributed by atoms with E-state index < -0.39 is 195 Å². The monoisotopic (exact) mass is 1260 g/mol. The Balaban J connectivity index is 0.000000302. The Hall–Kier alpha value is -7.98. The fraction of sp³-hybridized carbons (Fsp3) is 0.175. The number of halogens is 24. The minimum Gasteiger partial charge on any atom is -0.294 e. The third-order valence-electron chi connectivity index (χ3n) is 13.4. The van der Waals surface area contributed by atoms with Crippen LogP contribution in [-0.2, 0) is 62.4 Å². The van der Waals surface area contributed by atoms with Gasteiger partial charge in [0.25, 0.3) is 0 Å². The Morgan fingerprint density at radius 3 is 0.977 bits per heavy atom.